The molecule has 1 saturated carbocycles. The Kier molecular flexibility index (Phi) is 6.05. The molecular weight excluding hydrogens is 264 g/mol. The third-order valence-corrected chi connectivity index (χ3v) is 3.98. The van der Waals surface area contributed by atoms with E-state index in [1.807, 2.05) is 38.2 Å². The molecule has 116 valence electrons. The molecule has 1 amide bonds. The van der Waals surface area contributed by atoms with Crippen molar-refractivity contribution in [3.8, 4) is 5.75 Å². The average Bonchev–Trinajstić information content (AvgIpc) is 2.99. The van der Waals surface area contributed by atoms with Crippen molar-refractivity contribution >= 4 is 5.91 Å². The number of ether oxygens (including phenoxy) is 1. The van der Waals surface area contributed by atoms with Gasteiger partial charge in [-0.1, -0.05) is 25.1 Å². The van der Waals surface area contributed by atoms with Crippen LogP contribution in [0.4, 0.5) is 0 Å². The van der Waals surface area contributed by atoms with Gasteiger partial charge in [-0.05, 0) is 38.8 Å². The van der Waals surface area contributed by atoms with Gasteiger partial charge in [-0.3, -0.25) is 4.79 Å². The van der Waals surface area contributed by atoms with Crippen molar-refractivity contribution in [3.05, 3.63) is 29.8 Å². The average molecular weight is 290 g/mol. The van der Waals surface area contributed by atoms with E-state index in [0.29, 0.717) is 19.2 Å². The first-order valence-corrected chi connectivity index (χ1v) is 7.87. The second-order valence-electron chi connectivity index (χ2n) is 5.81. The van der Waals surface area contributed by atoms with Gasteiger partial charge in [0, 0.05) is 24.6 Å². The SMILES string of the molecule is CNCC(C)C(=O)NCc1ccccc1OC1CCCC1. The van der Waals surface area contributed by atoms with Gasteiger partial charge in [0.05, 0.1) is 6.10 Å². The Morgan fingerprint density at radius 2 is 2.05 bits per heavy atom. The van der Waals surface area contributed by atoms with E-state index in [4.69, 9.17) is 4.74 Å². The highest BCUT2D eigenvalue weighted by Gasteiger charge is 2.18. The molecule has 1 fully saturated rings. The molecule has 4 heteroatoms. The van der Waals surface area contributed by atoms with Crippen molar-refractivity contribution in [2.24, 2.45) is 5.92 Å². The monoisotopic (exact) mass is 290 g/mol. The number of carbonyl (C=O) groups excluding carboxylic acids is 1. The highest BCUT2D eigenvalue weighted by molar-refractivity contribution is 5.78. The predicted octanol–water partition coefficient (Wildman–Crippen LogP) is 2.48. The Balaban J connectivity index is 1.91. The maximum atomic E-state index is 12.0. The van der Waals surface area contributed by atoms with Gasteiger partial charge in [0.15, 0.2) is 0 Å². The highest BCUT2D eigenvalue weighted by Crippen LogP contribution is 2.26. The summed E-state index contributed by atoms with van der Waals surface area (Å²) in [4.78, 5) is 12.0. The zero-order chi connectivity index (χ0) is 15.1. The topological polar surface area (TPSA) is 50.4 Å². The van der Waals surface area contributed by atoms with Gasteiger partial charge in [0.25, 0.3) is 0 Å². The number of hydrogen-bond acceptors (Lipinski definition) is 3. The van der Waals surface area contributed by atoms with Gasteiger partial charge in [0.1, 0.15) is 5.75 Å². The van der Waals surface area contributed by atoms with Crippen LogP contribution >= 0.6 is 0 Å². The van der Waals surface area contributed by atoms with Crippen LogP contribution in [0.1, 0.15) is 38.2 Å². The number of para-hydroxylation sites is 1. The molecule has 4 nitrogen and oxygen atoms in total. The molecule has 0 radical (unpaired) electrons. The van der Waals surface area contributed by atoms with Gasteiger partial charge in [-0.15, -0.1) is 0 Å². The van der Waals surface area contributed by atoms with E-state index in [-0.39, 0.29) is 11.8 Å². The molecule has 0 spiro atoms. The lowest BCUT2D eigenvalue weighted by molar-refractivity contribution is -0.124. The quantitative estimate of drug-likeness (QED) is 0.811. The Bertz CT molecular complexity index is 456. The Morgan fingerprint density at radius 3 is 2.76 bits per heavy atom. The third kappa shape index (κ3) is 4.74. The van der Waals surface area contributed by atoms with E-state index < -0.39 is 0 Å². The summed E-state index contributed by atoms with van der Waals surface area (Å²) in [6.07, 6.45) is 5.13. The van der Waals surface area contributed by atoms with Gasteiger partial charge in [-0.25, -0.2) is 0 Å². The minimum atomic E-state index is -0.0297. The van der Waals surface area contributed by atoms with Gasteiger partial charge in [-0.2, -0.15) is 0 Å². The van der Waals surface area contributed by atoms with Crippen molar-refractivity contribution < 1.29 is 9.53 Å². The van der Waals surface area contributed by atoms with E-state index in [1.54, 1.807) is 0 Å². The lowest BCUT2D eigenvalue weighted by Gasteiger charge is -2.17. The van der Waals surface area contributed by atoms with Crippen LogP contribution in [0.15, 0.2) is 24.3 Å². The first-order chi connectivity index (χ1) is 10.2. The van der Waals surface area contributed by atoms with E-state index in [9.17, 15) is 4.79 Å². The summed E-state index contributed by atoms with van der Waals surface area (Å²) < 4.78 is 6.08. The molecule has 1 aromatic carbocycles. The molecule has 1 aromatic rings. The zero-order valence-electron chi connectivity index (χ0n) is 13.0. The summed E-state index contributed by atoms with van der Waals surface area (Å²) in [5.74, 6) is 0.948. The van der Waals surface area contributed by atoms with Crippen molar-refractivity contribution in [2.75, 3.05) is 13.6 Å². The molecule has 0 aromatic heterocycles. The maximum Gasteiger partial charge on any atom is 0.224 e. The first kappa shape index (κ1) is 15.8. The van der Waals surface area contributed by atoms with E-state index >= 15 is 0 Å². The Labute approximate surface area is 127 Å². The van der Waals surface area contributed by atoms with Crippen molar-refractivity contribution in [3.63, 3.8) is 0 Å². The van der Waals surface area contributed by atoms with Gasteiger partial charge >= 0.3 is 0 Å². The fourth-order valence-electron chi connectivity index (χ4n) is 2.71. The van der Waals surface area contributed by atoms with E-state index in [1.165, 1.54) is 12.8 Å². The minimum Gasteiger partial charge on any atom is -0.490 e. The number of carbonyl (C=O) groups is 1. The molecular formula is C17H26N2O2. The number of nitrogens with one attached hydrogen (secondary N) is 2. The van der Waals surface area contributed by atoms with Crippen molar-refractivity contribution in [2.45, 2.75) is 45.3 Å². The van der Waals surface area contributed by atoms with Crippen molar-refractivity contribution in [1.29, 1.82) is 0 Å². The molecule has 1 aliphatic rings. The summed E-state index contributed by atoms with van der Waals surface area (Å²) >= 11 is 0. The molecule has 1 unspecified atom stereocenters. The Hall–Kier alpha value is -1.55. The summed E-state index contributed by atoms with van der Waals surface area (Å²) in [7, 11) is 1.86. The Morgan fingerprint density at radius 1 is 1.33 bits per heavy atom. The molecule has 0 bridgehead atoms. The molecule has 21 heavy (non-hydrogen) atoms. The molecule has 0 aliphatic heterocycles. The number of rotatable bonds is 7. The second-order valence-corrected chi connectivity index (χ2v) is 5.81. The summed E-state index contributed by atoms with van der Waals surface area (Å²) in [5, 5.41) is 6.01. The number of benzene rings is 1. The van der Waals surface area contributed by atoms with Crippen LogP contribution in [-0.2, 0) is 11.3 Å². The van der Waals surface area contributed by atoms with Crippen LogP contribution in [0.3, 0.4) is 0 Å². The third-order valence-electron chi connectivity index (χ3n) is 3.98. The fraction of sp³-hybridized carbons (Fsp3) is 0.588. The molecule has 2 N–H and O–H groups in total. The highest BCUT2D eigenvalue weighted by atomic mass is 16.5. The predicted molar refractivity (Wildman–Crippen MR) is 84.3 cm³/mol. The van der Waals surface area contributed by atoms with Gasteiger partial charge in [0.2, 0.25) is 5.91 Å². The molecule has 0 saturated heterocycles. The first-order valence-electron chi connectivity index (χ1n) is 7.87. The lowest BCUT2D eigenvalue weighted by Crippen LogP contribution is -2.34. The largest absolute Gasteiger partial charge is 0.490 e. The van der Waals surface area contributed by atoms with Crippen molar-refractivity contribution in [1.82, 2.24) is 10.6 Å². The standard InChI is InChI=1S/C17H26N2O2/c1-13(11-18-2)17(20)19-12-14-7-3-6-10-16(14)21-15-8-4-5-9-15/h3,6-7,10,13,15,18H,4-5,8-9,11-12H2,1-2H3,(H,19,20). The normalized spacial score (nSPS) is 16.7. The molecule has 1 atom stereocenters. The summed E-state index contributed by atoms with van der Waals surface area (Å²) in [5.41, 5.74) is 1.05. The van der Waals surface area contributed by atoms with Crippen LogP contribution in [0.25, 0.3) is 0 Å². The van der Waals surface area contributed by atoms with Gasteiger partial charge < -0.3 is 15.4 Å². The van der Waals surface area contributed by atoms with E-state index in [2.05, 4.69) is 10.6 Å². The lowest BCUT2D eigenvalue weighted by atomic mass is 10.1. The van der Waals surface area contributed by atoms with E-state index in [0.717, 1.165) is 24.2 Å². The summed E-state index contributed by atoms with van der Waals surface area (Å²) in [6, 6.07) is 7.99. The maximum absolute atomic E-state index is 12.0. The minimum absolute atomic E-state index is 0.0297. The smallest absolute Gasteiger partial charge is 0.224 e. The molecule has 0 heterocycles. The molecule has 2 rings (SSSR count). The van der Waals surface area contributed by atoms with Crippen LogP contribution in [0.2, 0.25) is 0 Å². The fourth-order valence-corrected chi connectivity index (χ4v) is 2.71. The van der Waals surface area contributed by atoms with Crippen LogP contribution in [0.5, 0.6) is 5.75 Å². The second kappa shape index (κ2) is 8.03. The molecule has 1 aliphatic carbocycles. The number of hydrogen-bond donors (Lipinski definition) is 2. The van der Waals surface area contributed by atoms with Crippen LogP contribution in [-0.4, -0.2) is 25.6 Å². The van der Waals surface area contributed by atoms with Crippen LogP contribution < -0.4 is 15.4 Å². The number of amides is 1. The van der Waals surface area contributed by atoms with Crippen LogP contribution in [0, 0.1) is 5.92 Å². The zero-order valence-corrected chi connectivity index (χ0v) is 13.0. The summed E-state index contributed by atoms with van der Waals surface area (Å²) in [6.45, 7) is 3.13.